The summed E-state index contributed by atoms with van der Waals surface area (Å²) in [6.07, 6.45) is 14.5. The Morgan fingerprint density at radius 2 is 1.45 bits per heavy atom. The van der Waals surface area contributed by atoms with Crippen LogP contribution in [0, 0.1) is 5.92 Å². The molecule has 6 N–H and O–H groups in total. The molecular weight excluding hydrogens is 584 g/mol. The lowest BCUT2D eigenvalue weighted by Gasteiger charge is -2.40. The molecule has 2 saturated heterocycles. The number of aliphatic hydroxyl groups excluding tert-OH is 2. The maximum atomic E-state index is 13.2. The molecule has 3 fully saturated rings. The molecule has 0 aromatic heterocycles. The molecule has 2 heterocycles. The topological polar surface area (TPSA) is 153 Å². The normalized spacial score (nSPS) is 27.7. The molecule has 5 unspecified atom stereocenters. The third-order valence-electron chi connectivity index (χ3n) is 9.32. The van der Waals surface area contributed by atoms with E-state index in [-0.39, 0.29) is 19.1 Å². The van der Waals surface area contributed by atoms with E-state index < -0.39 is 48.1 Å². The minimum atomic E-state index is -1.63. The first kappa shape index (κ1) is 36.7. The van der Waals surface area contributed by atoms with Crippen LogP contribution < -0.4 is 16.0 Å². The van der Waals surface area contributed by atoms with Crippen LogP contribution in [-0.2, 0) is 14.3 Å². The van der Waals surface area contributed by atoms with Crippen LogP contribution >= 0.6 is 12.2 Å². The maximum absolute atomic E-state index is 13.2. The largest absolute Gasteiger partial charge is 0.447 e. The summed E-state index contributed by atoms with van der Waals surface area (Å²) in [5.74, 6) is -1.15. The molecule has 12 heteroatoms. The van der Waals surface area contributed by atoms with Crippen LogP contribution in [0.5, 0.6) is 0 Å². The molecule has 0 radical (unpaired) electrons. The van der Waals surface area contributed by atoms with Crippen LogP contribution in [0.15, 0.2) is 0 Å². The van der Waals surface area contributed by atoms with E-state index in [9.17, 15) is 24.9 Å². The quantitative estimate of drug-likeness (QED) is 0.0722. The molecule has 0 aromatic carbocycles. The number of nitrogens with zero attached hydrogens (tertiary/aromatic N) is 1. The molecule has 254 valence electrons. The number of thiocarbonyl (C=S) groups is 1. The maximum Gasteiger partial charge on any atom is 0.412 e. The summed E-state index contributed by atoms with van der Waals surface area (Å²) in [5.41, 5.74) is -1.63. The molecule has 3 rings (SSSR count). The Hall–Kier alpha value is -1.73. The van der Waals surface area contributed by atoms with Gasteiger partial charge in [-0.15, -0.1) is 0 Å². The molecule has 3 aliphatic rings. The summed E-state index contributed by atoms with van der Waals surface area (Å²) in [6.45, 7) is 5.34. The van der Waals surface area contributed by atoms with Crippen LogP contribution in [0.25, 0.3) is 0 Å². The van der Waals surface area contributed by atoms with Crippen LogP contribution in [0.3, 0.4) is 0 Å². The number of nitrogens with one attached hydrogen (secondary N) is 3. The van der Waals surface area contributed by atoms with Crippen molar-refractivity contribution in [3.05, 3.63) is 0 Å². The minimum absolute atomic E-state index is 0.108. The number of fused-ring (bicyclic) bond motifs is 3. The smallest absolute Gasteiger partial charge is 0.412 e. The molecule has 1 saturated carbocycles. The second-order valence-corrected chi connectivity index (χ2v) is 13.2. The van der Waals surface area contributed by atoms with Gasteiger partial charge < -0.3 is 40.7 Å². The molecular formula is C32H58N4O7S. The van der Waals surface area contributed by atoms with E-state index in [4.69, 9.17) is 21.7 Å². The van der Waals surface area contributed by atoms with Crippen LogP contribution in [0.1, 0.15) is 117 Å². The fraction of sp³-hybridized carbons (Fsp3) is 0.906. The lowest BCUT2D eigenvalue weighted by Crippen LogP contribution is -2.62. The Bertz CT molecular complexity index is 899. The van der Waals surface area contributed by atoms with Crippen molar-refractivity contribution < 1.29 is 34.4 Å². The Morgan fingerprint density at radius 1 is 0.932 bits per heavy atom. The number of cyclic esters (lactones) is 1. The summed E-state index contributed by atoms with van der Waals surface area (Å²) in [6, 6.07) is -1.71. The van der Waals surface area contributed by atoms with E-state index in [0.29, 0.717) is 18.2 Å². The molecule has 0 aromatic rings. The molecule has 44 heavy (non-hydrogen) atoms. The zero-order chi connectivity index (χ0) is 32.0. The Kier molecular flexibility index (Phi) is 15.9. The van der Waals surface area contributed by atoms with Gasteiger partial charge in [0, 0.05) is 13.1 Å². The highest BCUT2D eigenvalue weighted by Gasteiger charge is 2.78. The number of amides is 2. The molecule has 11 nitrogen and oxygen atoms in total. The van der Waals surface area contributed by atoms with Gasteiger partial charge in [0.2, 0.25) is 5.91 Å². The number of ether oxygens (including phenoxy) is 2. The Morgan fingerprint density at radius 3 is 2.02 bits per heavy atom. The van der Waals surface area contributed by atoms with Gasteiger partial charge in [-0.05, 0) is 25.1 Å². The number of aliphatic hydroxyl groups is 3. The standard InChI is InChI=1S/C32H58N4O7S/c1-3-5-7-9-11-12-13-14-16-17-19-33-28(39)23(35-30(44)34-20-18-15-10-8-6-4-2)21-42-29-26(37)25-27(38)32(25,41)24-22-43-31(40)36(24)29/h23-27,29,37-38,41H,3-22H2,1-2H3,(H,33,39)(H2,34,35,44)/t23-,24?,25?,26?,27?,29+,32?/m0/s1. The van der Waals surface area contributed by atoms with Gasteiger partial charge in [0.15, 0.2) is 11.3 Å². The highest BCUT2D eigenvalue weighted by molar-refractivity contribution is 7.80. The number of carbonyl (C=O) groups excluding carboxylic acids is 2. The summed E-state index contributed by atoms with van der Waals surface area (Å²) in [4.78, 5) is 26.9. The van der Waals surface area contributed by atoms with Gasteiger partial charge in [-0.3, -0.25) is 9.69 Å². The van der Waals surface area contributed by atoms with Crippen molar-refractivity contribution in [3.63, 3.8) is 0 Å². The van der Waals surface area contributed by atoms with Crippen LogP contribution in [0.2, 0.25) is 0 Å². The first-order valence-electron chi connectivity index (χ1n) is 17.2. The van der Waals surface area contributed by atoms with E-state index in [2.05, 4.69) is 29.8 Å². The van der Waals surface area contributed by atoms with E-state index in [0.717, 1.165) is 37.0 Å². The van der Waals surface area contributed by atoms with E-state index in [1.807, 2.05) is 0 Å². The van der Waals surface area contributed by atoms with Gasteiger partial charge in [-0.1, -0.05) is 104 Å². The van der Waals surface area contributed by atoms with Gasteiger partial charge in [0.05, 0.1) is 18.6 Å². The highest BCUT2D eigenvalue weighted by atomic mass is 32.1. The molecule has 7 atom stereocenters. The Labute approximate surface area is 269 Å². The SMILES string of the molecule is CCCCCCCCCCCCNC(=O)[C@H](CO[C@@H]1C(O)C2C(O)C2(O)C2COC(=O)N21)NC(=S)NCCCCCCCC. The van der Waals surface area contributed by atoms with Crippen LogP contribution in [-0.4, -0.2) is 99.8 Å². The molecule has 2 aliphatic heterocycles. The second kappa shape index (κ2) is 19.1. The van der Waals surface area contributed by atoms with Crippen molar-refractivity contribution in [3.8, 4) is 0 Å². The highest BCUT2D eigenvalue weighted by Crippen LogP contribution is 2.56. The second-order valence-electron chi connectivity index (χ2n) is 12.8. The zero-order valence-corrected chi connectivity index (χ0v) is 27.8. The summed E-state index contributed by atoms with van der Waals surface area (Å²) >= 11 is 5.48. The fourth-order valence-electron chi connectivity index (χ4n) is 6.51. The number of hydrogen-bond donors (Lipinski definition) is 6. The van der Waals surface area contributed by atoms with Gasteiger partial charge >= 0.3 is 6.09 Å². The van der Waals surface area contributed by atoms with E-state index >= 15 is 0 Å². The van der Waals surface area contributed by atoms with Crippen molar-refractivity contribution in [2.45, 2.75) is 153 Å². The van der Waals surface area contributed by atoms with Gasteiger partial charge in [0.1, 0.15) is 30.4 Å². The van der Waals surface area contributed by atoms with Crippen LogP contribution in [0.4, 0.5) is 4.79 Å². The lowest BCUT2D eigenvalue weighted by atomic mass is 9.97. The fourth-order valence-corrected chi connectivity index (χ4v) is 6.76. The van der Waals surface area contributed by atoms with Crippen molar-refractivity contribution in [1.82, 2.24) is 20.9 Å². The molecule has 0 spiro atoms. The molecule has 0 bridgehead atoms. The van der Waals surface area contributed by atoms with Gasteiger partial charge in [0.25, 0.3) is 0 Å². The van der Waals surface area contributed by atoms with E-state index in [1.54, 1.807) is 0 Å². The average Bonchev–Trinajstić information content (AvgIpc) is 3.35. The number of carbonyl (C=O) groups is 2. The zero-order valence-electron chi connectivity index (χ0n) is 26.9. The third-order valence-corrected chi connectivity index (χ3v) is 9.58. The average molecular weight is 643 g/mol. The van der Waals surface area contributed by atoms with Crippen molar-refractivity contribution in [1.29, 1.82) is 0 Å². The number of unbranched alkanes of at least 4 members (excludes halogenated alkanes) is 14. The predicted octanol–water partition coefficient (Wildman–Crippen LogP) is 3.48. The molecule has 2 amide bonds. The summed E-state index contributed by atoms with van der Waals surface area (Å²) in [7, 11) is 0. The summed E-state index contributed by atoms with van der Waals surface area (Å²) < 4.78 is 11.1. The number of hydrogen-bond acceptors (Lipinski definition) is 8. The first-order chi connectivity index (χ1) is 21.3. The third kappa shape index (κ3) is 10.1. The lowest BCUT2D eigenvalue weighted by molar-refractivity contribution is -0.169. The summed E-state index contributed by atoms with van der Waals surface area (Å²) in [5, 5.41) is 41.6. The Balaban J connectivity index is 1.47. The number of piperidine rings is 1. The number of rotatable bonds is 23. The first-order valence-corrected chi connectivity index (χ1v) is 17.6. The van der Waals surface area contributed by atoms with Gasteiger partial charge in [-0.25, -0.2) is 4.79 Å². The molecule has 1 aliphatic carbocycles. The minimum Gasteiger partial charge on any atom is -0.447 e. The van der Waals surface area contributed by atoms with Crippen molar-refractivity contribution in [2.75, 3.05) is 26.3 Å². The predicted molar refractivity (Wildman–Crippen MR) is 173 cm³/mol. The van der Waals surface area contributed by atoms with E-state index in [1.165, 1.54) is 70.6 Å². The van der Waals surface area contributed by atoms with Crippen molar-refractivity contribution in [2.24, 2.45) is 5.92 Å². The monoisotopic (exact) mass is 642 g/mol. The van der Waals surface area contributed by atoms with Gasteiger partial charge in [-0.2, -0.15) is 0 Å². The van der Waals surface area contributed by atoms with Crippen molar-refractivity contribution >= 4 is 29.3 Å².